The van der Waals surface area contributed by atoms with Crippen molar-refractivity contribution < 1.29 is 5.11 Å². The first kappa shape index (κ1) is 12.9. The lowest BCUT2D eigenvalue weighted by atomic mass is 9.97. The molecule has 1 heterocycles. The third-order valence-corrected chi connectivity index (χ3v) is 3.90. The molecule has 0 radical (unpaired) electrons. The van der Waals surface area contributed by atoms with Crippen molar-refractivity contribution >= 4 is 11.6 Å². The van der Waals surface area contributed by atoms with Gasteiger partial charge < -0.3 is 5.11 Å². The summed E-state index contributed by atoms with van der Waals surface area (Å²) in [6, 6.07) is 6.11. The first-order chi connectivity index (χ1) is 8.19. The van der Waals surface area contributed by atoms with Crippen LogP contribution in [0.3, 0.4) is 0 Å². The van der Waals surface area contributed by atoms with Gasteiger partial charge in [-0.05, 0) is 62.0 Å². The van der Waals surface area contributed by atoms with E-state index in [2.05, 4.69) is 17.9 Å². The fourth-order valence-electron chi connectivity index (χ4n) is 2.40. The molecule has 1 saturated heterocycles. The molecule has 0 amide bonds. The van der Waals surface area contributed by atoms with Gasteiger partial charge in [0.2, 0.25) is 0 Å². The van der Waals surface area contributed by atoms with E-state index in [9.17, 15) is 0 Å². The predicted molar refractivity (Wildman–Crippen MR) is 71.3 cm³/mol. The Morgan fingerprint density at radius 2 is 2.06 bits per heavy atom. The van der Waals surface area contributed by atoms with Crippen molar-refractivity contribution in [1.29, 1.82) is 0 Å². The Bertz CT molecular complexity index is 372. The van der Waals surface area contributed by atoms with E-state index in [0.717, 1.165) is 37.5 Å². The molecule has 0 unspecified atom stereocenters. The van der Waals surface area contributed by atoms with E-state index in [0.29, 0.717) is 12.5 Å². The Labute approximate surface area is 108 Å². The van der Waals surface area contributed by atoms with Gasteiger partial charge in [-0.25, -0.2) is 0 Å². The van der Waals surface area contributed by atoms with Crippen LogP contribution < -0.4 is 0 Å². The maximum Gasteiger partial charge on any atom is 0.0460 e. The topological polar surface area (TPSA) is 23.5 Å². The van der Waals surface area contributed by atoms with E-state index in [1.54, 1.807) is 0 Å². The highest BCUT2D eigenvalue weighted by Gasteiger charge is 2.18. The van der Waals surface area contributed by atoms with Crippen LogP contribution in [0.2, 0.25) is 5.02 Å². The molecule has 0 bridgehead atoms. The zero-order chi connectivity index (χ0) is 12.3. The van der Waals surface area contributed by atoms with Gasteiger partial charge in [0.05, 0.1) is 0 Å². The van der Waals surface area contributed by atoms with Crippen LogP contribution >= 0.6 is 11.6 Å². The molecule has 1 aliphatic rings. The fraction of sp³-hybridized carbons (Fsp3) is 0.571. The number of nitrogens with zero attached hydrogens (tertiary/aromatic N) is 1. The molecular formula is C14H20ClNO. The van der Waals surface area contributed by atoms with Crippen LogP contribution in [0.4, 0.5) is 0 Å². The highest BCUT2D eigenvalue weighted by molar-refractivity contribution is 6.30. The van der Waals surface area contributed by atoms with Gasteiger partial charge in [0.25, 0.3) is 0 Å². The molecule has 1 fully saturated rings. The Kier molecular flexibility index (Phi) is 4.43. The standard InChI is InChI=1S/C14H20ClNO/c1-11-8-14(15)3-2-13(11)9-16-6-4-12(10-17)5-7-16/h2-3,8,12,17H,4-7,9-10H2,1H3. The average molecular weight is 254 g/mol. The molecular weight excluding hydrogens is 234 g/mol. The molecule has 0 saturated carbocycles. The summed E-state index contributed by atoms with van der Waals surface area (Å²) in [5.74, 6) is 0.512. The number of rotatable bonds is 3. The van der Waals surface area contributed by atoms with Crippen LogP contribution in [0, 0.1) is 12.8 Å². The van der Waals surface area contributed by atoms with Crippen LogP contribution in [0.1, 0.15) is 24.0 Å². The second-order valence-electron chi connectivity index (χ2n) is 4.97. The second-order valence-corrected chi connectivity index (χ2v) is 5.41. The molecule has 0 spiro atoms. The van der Waals surface area contributed by atoms with Crippen LogP contribution in [0.5, 0.6) is 0 Å². The predicted octanol–water partition coefficient (Wildman–Crippen LogP) is 2.85. The fourth-order valence-corrected chi connectivity index (χ4v) is 2.63. The summed E-state index contributed by atoms with van der Waals surface area (Å²) in [4.78, 5) is 2.46. The van der Waals surface area contributed by atoms with Gasteiger partial charge in [-0.1, -0.05) is 17.7 Å². The molecule has 17 heavy (non-hydrogen) atoms. The van der Waals surface area contributed by atoms with Crippen molar-refractivity contribution in [3.05, 3.63) is 34.3 Å². The quantitative estimate of drug-likeness (QED) is 0.896. The summed E-state index contributed by atoms with van der Waals surface area (Å²) < 4.78 is 0. The number of benzene rings is 1. The van der Waals surface area contributed by atoms with Crippen molar-refractivity contribution in [2.24, 2.45) is 5.92 Å². The lowest BCUT2D eigenvalue weighted by Crippen LogP contribution is -2.34. The second kappa shape index (κ2) is 5.85. The summed E-state index contributed by atoms with van der Waals surface area (Å²) in [6.07, 6.45) is 2.23. The summed E-state index contributed by atoms with van der Waals surface area (Å²) >= 11 is 5.96. The molecule has 2 nitrogen and oxygen atoms in total. The van der Waals surface area contributed by atoms with Crippen molar-refractivity contribution in [2.45, 2.75) is 26.3 Å². The summed E-state index contributed by atoms with van der Waals surface area (Å²) in [5.41, 5.74) is 2.62. The number of aliphatic hydroxyl groups excluding tert-OH is 1. The zero-order valence-corrected chi connectivity index (χ0v) is 11.1. The van der Waals surface area contributed by atoms with Crippen molar-refractivity contribution in [3.8, 4) is 0 Å². The van der Waals surface area contributed by atoms with Crippen LogP contribution in [-0.4, -0.2) is 29.7 Å². The van der Waals surface area contributed by atoms with E-state index in [4.69, 9.17) is 16.7 Å². The normalized spacial score (nSPS) is 18.5. The van der Waals surface area contributed by atoms with Gasteiger partial charge in [-0.15, -0.1) is 0 Å². The lowest BCUT2D eigenvalue weighted by Gasteiger charge is -2.31. The van der Waals surface area contributed by atoms with E-state index < -0.39 is 0 Å². The Morgan fingerprint density at radius 1 is 1.35 bits per heavy atom. The molecule has 0 aliphatic carbocycles. The maximum absolute atomic E-state index is 9.11. The minimum Gasteiger partial charge on any atom is -0.396 e. The maximum atomic E-state index is 9.11. The van der Waals surface area contributed by atoms with Gasteiger partial charge in [0, 0.05) is 18.2 Å². The van der Waals surface area contributed by atoms with Gasteiger partial charge >= 0.3 is 0 Å². The van der Waals surface area contributed by atoms with Crippen LogP contribution in [-0.2, 0) is 6.54 Å². The third kappa shape index (κ3) is 3.44. The summed E-state index contributed by atoms with van der Waals surface area (Å²) in [7, 11) is 0. The number of hydrogen-bond acceptors (Lipinski definition) is 2. The molecule has 0 aromatic heterocycles. The van der Waals surface area contributed by atoms with Crippen molar-refractivity contribution in [1.82, 2.24) is 4.90 Å². The molecule has 3 heteroatoms. The number of hydrogen-bond donors (Lipinski definition) is 1. The minimum absolute atomic E-state index is 0.341. The molecule has 0 atom stereocenters. The van der Waals surface area contributed by atoms with E-state index >= 15 is 0 Å². The smallest absolute Gasteiger partial charge is 0.0460 e. The largest absolute Gasteiger partial charge is 0.396 e. The van der Waals surface area contributed by atoms with Gasteiger partial charge in [-0.2, -0.15) is 0 Å². The first-order valence-corrected chi connectivity index (χ1v) is 6.65. The first-order valence-electron chi connectivity index (χ1n) is 6.27. The number of aryl methyl sites for hydroxylation is 1. The summed E-state index contributed by atoms with van der Waals surface area (Å²) in [5, 5.41) is 9.92. The molecule has 1 aliphatic heterocycles. The Hall–Kier alpha value is -0.570. The van der Waals surface area contributed by atoms with Crippen molar-refractivity contribution in [2.75, 3.05) is 19.7 Å². The monoisotopic (exact) mass is 253 g/mol. The number of halogens is 1. The number of piperidine rings is 1. The third-order valence-electron chi connectivity index (χ3n) is 3.66. The minimum atomic E-state index is 0.341. The van der Waals surface area contributed by atoms with Gasteiger partial charge in [-0.3, -0.25) is 4.90 Å². The molecule has 1 N–H and O–H groups in total. The Morgan fingerprint density at radius 3 is 2.65 bits per heavy atom. The molecule has 1 aromatic rings. The van der Waals surface area contributed by atoms with E-state index in [1.165, 1.54) is 11.1 Å². The Balaban J connectivity index is 1.93. The van der Waals surface area contributed by atoms with Crippen LogP contribution in [0.25, 0.3) is 0 Å². The SMILES string of the molecule is Cc1cc(Cl)ccc1CN1CCC(CO)CC1. The number of aliphatic hydroxyl groups is 1. The molecule has 2 rings (SSSR count). The van der Waals surface area contributed by atoms with Crippen molar-refractivity contribution in [3.63, 3.8) is 0 Å². The van der Waals surface area contributed by atoms with E-state index in [-0.39, 0.29) is 0 Å². The highest BCUT2D eigenvalue weighted by atomic mass is 35.5. The number of likely N-dealkylation sites (tertiary alicyclic amines) is 1. The van der Waals surface area contributed by atoms with Crippen LogP contribution in [0.15, 0.2) is 18.2 Å². The average Bonchev–Trinajstić information content (AvgIpc) is 2.34. The van der Waals surface area contributed by atoms with Gasteiger partial charge in [0.1, 0.15) is 0 Å². The van der Waals surface area contributed by atoms with Gasteiger partial charge in [0.15, 0.2) is 0 Å². The molecule has 94 valence electrons. The lowest BCUT2D eigenvalue weighted by molar-refractivity contribution is 0.127. The highest BCUT2D eigenvalue weighted by Crippen LogP contribution is 2.21. The summed E-state index contributed by atoms with van der Waals surface area (Å²) in [6.45, 7) is 5.64. The molecule has 1 aromatic carbocycles. The van der Waals surface area contributed by atoms with E-state index in [1.807, 2.05) is 12.1 Å². The zero-order valence-electron chi connectivity index (χ0n) is 10.3.